The monoisotopic (exact) mass is 269 g/mol. The molecule has 1 saturated heterocycles. The summed E-state index contributed by atoms with van der Waals surface area (Å²) in [5.41, 5.74) is 0.488. The van der Waals surface area contributed by atoms with Crippen LogP contribution in [0.1, 0.15) is 0 Å². The molecule has 0 bridgehead atoms. The average molecular weight is 270 g/mol. The molecule has 0 spiro atoms. The highest BCUT2D eigenvalue weighted by atomic mass is 35.5. The van der Waals surface area contributed by atoms with Crippen molar-refractivity contribution in [2.45, 2.75) is 6.04 Å². The van der Waals surface area contributed by atoms with E-state index in [9.17, 15) is 14.7 Å². The maximum absolute atomic E-state index is 11.8. The van der Waals surface area contributed by atoms with E-state index in [-0.39, 0.29) is 35.7 Å². The summed E-state index contributed by atoms with van der Waals surface area (Å²) < 4.78 is 0. The first-order valence-electron chi connectivity index (χ1n) is 5.36. The number of aromatic hydroxyl groups is 1. The molecule has 1 aliphatic rings. The van der Waals surface area contributed by atoms with Gasteiger partial charge in [0.05, 0.1) is 11.6 Å². The molecule has 1 atom stereocenters. The minimum Gasteiger partial charge on any atom is -0.506 e. The van der Waals surface area contributed by atoms with Gasteiger partial charge in [0.25, 0.3) is 0 Å². The highest BCUT2D eigenvalue weighted by Gasteiger charge is 2.23. The van der Waals surface area contributed by atoms with Crippen LogP contribution in [0.5, 0.6) is 5.75 Å². The first kappa shape index (κ1) is 12.7. The zero-order valence-electron chi connectivity index (χ0n) is 9.37. The Morgan fingerprint density at radius 3 is 2.89 bits per heavy atom. The summed E-state index contributed by atoms with van der Waals surface area (Å²) in [4.78, 5) is 22.8. The quantitative estimate of drug-likeness (QED) is 0.572. The number of rotatable bonds is 2. The van der Waals surface area contributed by atoms with E-state index in [2.05, 4.69) is 16.0 Å². The molecule has 0 radical (unpaired) electrons. The standard InChI is InChI=1S/C11H12ClN3O3/c12-7-3-6(1-2-9(7)16)15-11(18)8-4-14-10(17)5-13-8/h1-3,8,13,16H,4-5H2,(H,14,17)(H,15,18). The fourth-order valence-corrected chi connectivity index (χ4v) is 1.75. The number of halogens is 1. The topological polar surface area (TPSA) is 90.5 Å². The molecule has 1 fully saturated rings. The van der Waals surface area contributed by atoms with E-state index in [4.69, 9.17) is 11.6 Å². The van der Waals surface area contributed by atoms with Gasteiger partial charge in [-0.25, -0.2) is 0 Å². The third-order valence-corrected chi connectivity index (χ3v) is 2.85. The third-order valence-electron chi connectivity index (χ3n) is 2.54. The highest BCUT2D eigenvalue weighted by Crippen LogP contribution is 2.26. The van der Waals surface area contributed by atoms with Crippen LogP contribution in [0.25, 0.3) is 0 Å². The maximum atomic E-state index is 11.8. The normalized spacial score (nSPS) is 19.2. The van der Waals surface area contributed by atoms with Crippen LogP contribution < -0.4 is 16.0 Å². The molecule has 1 aromatic rings. The van der Waals surface area contributed by atoms with E-state index in [1.54, 1.807) is 6.07 Å². The van der Waals surface area contributed by atoms with Crippen molar-refractivity contribution in [2.24, 2.45) is 0 Å². The van der Waals surface area contributed by atoms with Gasteiger partial charge in [0.1, 0.15) is 11.8 Å². The third kappa shape index (κ3) is 2.91. The van der Waals surface area contributed by atoms with Crippen molar-refractivity contribution in [3.63, 3.8) is 0 Å². The zero-order chi connectivity index (χ0) is 13.1. The maximum Gasteiger partial charge on any atom is 0.243 e. The van der Waals surface area contributed by atoms with E-state index in [0.717, 1.165) is 0 Å². The summed E-state index contributed by atoms with van der Waals surface area (Å²) in [5, 5.41) is 17.5. The average Bonchev–Trinajstić information content (AvgIpc) is 2.34. The number of benzene rings is 1. The summed E-state index contributed by atoms with van der Waals surface area (Å²) in [6, 6.07) is 3.92. The second-order valence-electron chi connectivity index (χ2n) is 3.89. The lowest BCUT2D eigenvalue weighted by Crippen LogP contribution is -2.56. The number of hydrogen-bond donors (Lipinski definition) is 4. The van der Waals surface area contributed by atoms with Gasteiger partial charge >= 0.3 is 0 Å². The van der Waals surface area contributed by atoms with E-state index in [1.165, 1.54) is 12.1 Å². The number of piperazine rings is 1. The Balaban J connectivity index is 1.98. The van der Waals surface area contributed by atoms with Gasteiger partial charge in [-0.1, -0.05) is 11.6 Å². The number of hydrogen-bond acceptors (Lipinski definition) is 4. The molecule has 1 aliphatic heterocycles. The van der Waals surface area contributed by atoms with Crippen LogP contribution >= 0.6 is 11.6 Å². The number of carbonyl (C=O) groups excluding carboxylic acids is 2. The lowest BCUT2D eigenvalue weighted by atomic mass is 10.2. The van der Waals surface area contributed by atoms with E-state index in [0.29, 0.717) is 5.69 Å². The Kier molecular flexibility index (Phi) is 3.69. The Bertz CT molecular complexity index is 482. The molecule has 1 heterocycles. The number of anilines is 1. The molecule has 1 aromatic carbocycles. The first-order chi connectivity index (χ1) is 8.56. The van der Waals surface area contributed by atoms with Crippen molar-refractivity contribution in [2.75, 3.05) is 18.4 Å². The van der Waals surface area contributed by atoms with Gasteiger partial charge in [-0.2, -0.15) is 0 Å². The summed E-state index contributed by atoms with van der Waals surface area (Å²) >= 11 is 5.73. The van der Waals surface area contributed by atoms with Gasteiger partial charge in [0.2, 0.25) is 11.8 Å². The van der Waals surface area contributed by atoms with Crippen molar-refractivity contribution in [1.82, 2.24) is 10.6 Å². The molecule has 0 saturated carbocycles. The van der Waals surface area contributed by atoms with Crippen molar-refractivity contribution in [3.05, 3.63) is 23.2 Å². The second kappa shape index (κ2) is 5.24. The van der Waals surface area contributed by atoms with E-state index < -0.39 is 6.04 Å². The molecule has 96 valence electrons. The molecule has 2 rings (SSSR count). The minimum atomic E-state index is -0.477. The van der Waals surface area contributed by atoms with Gasteiger partial charge in [0.15, 0.2) is 0 Å². The highest BCUT2D eigenvalue weighted by molar-refractivity contribution is 6.32. The van der Waals surface area contributed by atoms with Crippen LogP contribution in [0, 0.1) is 0 Å². The van der Waals surface area contributed by atoms with E-state index in [1.807, 2.05) is 0 Å². The van der Waals surface area contributed by atoms with Crippen LogP contribution in [0.3, 0.4) is 0 Å². The van der Waals surface area contributed by atoms with Gasteiger partial charge in [0, 0.05) is 12.2 Å². The van der Waals surface area contributed by atoms with Crippen molar-refractivity contribution < 1.29 is 14.7 Å². The Labute approximate surface area is 108 Å². The van der Waals surface area contributed by atoms with Crippen molar-refractivity contribution in [3.8, 4) is 5.75 Å². The van der Waals surface area contributed by atoms with Crippen molar-refractivity contribution in [1.29, 1.82) is 0 Å². The molecule has 4 N–H and O–H groups in total. The predicted molar refractivity (Wildman–Crippen MR) is 66.5 cm³/mol. The van der Waals surface area contributed by atoms with Gasteiger partial charge in [-0.15, -0.1) is 0 Å². The predicted octanol–water partition coefficient (Wildman–Crippen LogP) is 0.0721. The molecule has 0 aliphatic carbocycles. The molecular formula is C11H12ClN3O3. The summed E-state index contributed by atoms with van der Waals surface area (Å²) in [6.45, 7) is 0.366. The molecule has 0 aromatic heterocycles. The van der Waals surface area contributed by atoms with Crippen molar-refractivity contribution >= 4 is 29.1 Å². The number of phenols is 1. The smallest absolute Gasteiger partial charge is 0.243 e. The molecule has 6 nitrogen and oxygen atoms in total. The zero-order valence-corrected chi connectivity index (χ0v) is 10.1. The molecular weight excluding hydrogens is 258 g/mol. The largest absolute Gasteiger partial charge is 0.506 e. The van der Waals surface area contributed by atoms with Gasteiger partial charge < -0.3 is 15.7 Å². The Hall–Kier alpha value is -1.79. The fraction of sp³-hybridized carbons (Fsp3) is 0.273. The van der Waals surface area contributed by atoms with Crippen LogP contribution in [0.4, 0.5) is 5.69 Å². The van der Waals surface area contributed by atoms with Gasteiger partial charge in [-0.3, -0.25) is 14.9 Å². The number of amides is 2. The van der Waals surface area contributed by atoms with Crippen LogP contribution in [-0.2, 0) is 9.59 Å². The summed E-state index contributed by atoms with van der Waals surface area (Å²) in [5.74, 6) is -0.443. The number of nitrogens with one attached hydrogen (secondary N) is 3. The second-order valence-corrected chi connectivity index (χ2v) is 4.30. The fourth-order valence-electron chi connectivity index (χ4n) is 1.57. The van der Waals surface area contributed by atoms with Crippen LogP contribution in [0.2, 0.25) is 5.02 Å². The minimum absolute atomic E-state index is 0.0438. The molecule has 2 amide bonds. The van der Waals surface area contributed by atoms with Crippen LogP contribution in [-0.4, -0.2) is 36.1 Å². The van der Waals surface area contributed by atoms with E-state index >= 15 is 0 Å². The molecule has 7 heteroatoms. The first-order valence-corrected chi connectivity index (χ1v) is 5.73. The number of carbonyl (C=O) groups is 2. The molecule has 18 heavy (non-hydrogen) atoms. The SMILES string of the molecule is O=C1CNC(C(=O)Nc2ccc(O)c(Cl)c2)CN1. The lowest BCUT2D eigenvalue weighted by Gasteiger charge is -2.23. The van der Waals surface area contributed by atoms with Crippen LogP contribution in [0.15, 0.2) is 18.2 Å². The number of phenolic OH excluding ortho intramolecular Hbond substituents is 1. The molecule has 1 unspecified atom stereocenters. The summed E-state index contributed by atoms with van der Waals surface area (Å²) in [6.07, 6.45) is 0. The Morgan fingerprint density at radius 1 is 1.50 bits per heavy atom. The summed E-state index contributed by atoms with van der Waals surface area (Å²) in [7, 11) is 0. The lowest BCUT2D eigenvalue weighted by molar-refractivity contribution is -0.124. The van der Waals surface area contributed by atoms with Gasteiger partial charge in [-0.05, 0) is 18.2 Å². The Morgan fingerprint density at radius 2 is 2.28 bits per heavy atom.